The number of carbonyl (C=O) groups is 1. The molecule has 0 bridgehead atoms. The van der Waals surface area contributed by atoms with Crippen molar-refractivity contribution < 1.29 is 4.79 Å². The van der Waals surface area contributed by atoms with Crippen molar-refractivity contribution in [2.24, 2.45) is 5.11 Å². The number of azide groups is 1. The molecule has 0 atom stereocenters. The highest BCUT2D eigenvalue weighted by molar-refractivity contribution is 5.88. The van der Waals surface area contributed by atoms with Gasteiger partial charge in [0, 0.05) is 24.1 Å². The third-order valence-electron chi connectivity index (χ3n) is 1.79. The maximum Gasteiger partial charge on any atom is 0.221 e. The van der Waals surface area contributed by atoms with Crippen LogP contribution in [0.25, 0.3) is 16.5 Å². The van der Waals surface area contributed by atoms with E-state index in [1.54, 1.807) is 6.08 Å². The molecule has 1 rings (SSSR count). The highest BCUT2D eigenvalue weighted by Gasteiger charge is 1.93. The number of hydrogen-bond acceptors (Lipinski definition) is 2. The summed E-state index contributed by atoms with van der Waals surface area (Å²) in [6.07, 6.45) is 3.62. The van der Waals surface area contributed by atoms with E-state index < -0.39 is 0 Å². The van der Waals surface area contributed by atoms with Gasteiger partial charge < -0.3 is 5.32 Å². The van der Waals surface area contributed by atoms with Crippen LogP contribution in [-0.2, 0) is 4.79 Å². The van der Waals surface area contributed by atoms with E-state index in [4.69, 9.17) is 5.53 Å². The molecule has 1 amide bonds. The fourth-order valence-electron chi connectivity index (χ4n) is 1.15. The Hall–Kier alpha value is -2.26. The fourth-order valence-corrected chi connectivity index (χ4v) is 1.15. The molecule has 16 heavy (non-hydrogen) atoms. The Kier molecular flexibility index (Phi) is 4.63. The lowest BCUT2D eigenvalue weighted by atomic mass is 10.2. The van der Waals surface area contributed by atoms with Crippen LogP contribution < -0.4 is 5.32 Å². The van der Waals surface area contributed by atoms with Gasteiger partial charge in [-0.25, -0.2) is 0 Å². The fraction of sp³-hybridized carbons (Fsp3) is 0.182. The predicted molar refractivity (Wildman–Crippen MR) is 63.8 cm³/mol. The molecule has 1 aromatic rings. The van der Waals surface area contributed by atoms with Crippen LogP contribution in [0.15, 0.2) is 35.5 Å². The molecule has 5 nitrogen and oxygen atoms in total. The van der Waals surface area contributed by atoms with Crippen molar-refractivity contribution in [3.63, 3.8) is 0 Å². The van der Waals surface area contributed by atoms with E-state index in [-0.39, 0.29) is 5.91 Å². The van der Waals surface area contributed by atoms with Crippen LogP contribution in [0.4, 0.5) is 5.69 Å². The summed E-state index contributed by atoms with van der Waals surface area (Å²) in [6.45, 7) is 1.80. The zero-order valence-corrected chi connectivity index (χ0v) is 8.92. The topological polar surface area (TPSA) is 77.9 Å². The van der Waals surface area contributed by atoms with Crippen LogP contribution in [0.3, 0.4) is 0 Å². The molecule has 0 aliphatic carbocycles. The van der Waals surface area contributed by atoms with Gasteiger partial charge in [0.2, 0.25) is 5.91 Å². The SMILES string of the molecule is CC(=O)Nc1ccc(C=CCN=[N+]=[N-])cc1. The van der Waals surface area contributed by atoms with Crippen molar-refractivity contribution >= 4 is 17.7 Å². The quantitative estimate of drug-likeness (QED) is 0.468. The second-order valence-electron chi connectivity index (χ2n) is 3.12. The van der Waals surface area contributed by atoms with Gasteiger partial charge in [-0.3, -0.25) is 4.79 Å². The summed E-state index contributed by atoms with van der Waals surface area (Å²) in [5, 5.41) is 6.06. The molecule has 0 aromatic heterocycles. The first-order valence-electron chi connectivity index (χ1n) is 4.77. The van der Waals surface area contributed by atoms with Crippen molar-refractivity contribution in [1.82, 2.24) is 0 Å². The van der Waals surface area contributed by atoms with Crippen LogP contribution in [-0.4, -0.2) is 12.5 Å². The Morgan fingerprint density at radius 3 is 2.75 bits per heavy atom. The number of carbonyl (C=O) groups excluding carboxylic acids is 1. The molecule has 1 aromatic carbocycles. The van der Waals surface area contributed by atoms with E-state index in [0.29, 0.717) is 6.54 Å². The lowest BCUT2D eigenvalue weighted by molar-refractivity contribution is -0.114. The molecule has 1 N–H and O–H groups in total. The third kappa shape index (κ3) is 4.30. The number of hydrogen-bond donors (Lipinski definition) is 1. The smallest absolute Gasteiger partial charge is 0.221 e. The molecule has 0 heterocycles. The first kappa shape index (κ1) is 11.8. The molecule has 0 aliphatic rings. The Bertz CT molecular complexity index is 430. The maximum absolute atomic E-state index is 10.8. The number of benzene rings is 1. The number of anilines is 1. The van der Waals surface area contributed by atoms with Gasteiger partial charge in [-0.1, -0.05) is 29.4 Å². The summed E-state index contributed by atoms with van der Waals surface area (Å²) in [5.41, 5.74) is 9.82. The van der Waals surface area contributed by atoms with Crippen LogP contribution in [0.2, 0.25) is 0 Å². The van der Waals surface area contributed by atoms with E-state index in [2.05, 4.69) is 15.3 Å². The molecule has 0 unspecified atom stereocenters. The average Bonchev–Trinajstić information content (AvgIpc) is 2.26. The monoisotopic (exact) mass is 216 g/mol. The first-order valence-corrected chi connectivity index (χ1v) is 4.77. The Morgan fingerprint density at radius 1 is 1.50 bits per heavy atom. The molecular formula is C11H12N4O. The summed E-state index contributed by atoms with van der Waals surface area (Å²) >= 11 is 0. The molecule has 5 heteroatoms. The van der Waals surface area contributed by atoms with Crippen molar-refractivity contribution in [1.29, 1.82) is 0 Å². The van der Waals surface area contributed by atoms with E-state index in [1.807, 2.05) is 30.3 Å². The first-order chi connectivity index (χ1) is 7.72. The minimum absolute atomic E-state index is 0.0911. The van der Waals surface area contributed by atoms with Crippen LogP contribution in [0, 0.1) is 0 Å². The molecule has 0 aliphatic heterocycles. The molecule has 0 fully saturated rings. The van der Waals surface area contributed by atoms with Gasteiger partial charge in [-0.05, 0) is 23.2 Å². The normalized spacial score (nSPS) is 9.81. The molecule has 0 spiro atoms. The van der Waals surface area contributed by atoms with Gasteiger partial charge in [-0.2, -0.15) is 0 Å². The Balaban J connectivity index is 2.60. The third-order valence-corrected chi connectivity index (χ3v) is 1.79. The lowest BCUT2D eigenvalue weighted by Gasteiger charge is -2.01. The summed E-state index contributed by atoms with van der Waals surface area (Å²) in [7, 11) is 0. The van der Waals surface area contributed by atoms with Crippen molar-refractivity contribution in [2.75, 3.05) is 11.9 Å². The summed E-state index contributed by atoms with van der Waals surface area (Å²) in [6, 6.07) is 7.37. The second kappa shape index (κ2) is 6.27. The van der Waals surface area contributed by atoms with Crippen molar-refractivity contribution in [3.05, 3.63) is 46.3 Å². The molecule has 0 radical (unpaired) electrons. The maximum atomic E-state index is 10.8. The minimum Gasteiger partial charge on any atom is -0.326 e. The van der Waals surface area contributed by atoms with E-state index in [9.17, 15) is 4.79 Å². The van der Waals surface area contributed by atoms with Gasteiger partial charge in [0.05, 0.1) is 0 Å². The van der Waals surface area contributed by atoms with E-state index in [0.717, 1.165) is 11.3 Å². The zero-order chi connectivity index (χ0) is 11.8. The molecule has 0 saturated heterocycles. The lowest BCUT2D eigenvalue weighted by Crippen LogP contribution is -2.05. The van der Waals surface area contributed by atoms with Crippen LogP contribution >= 0.6 is 0 Å². The predicted octanol–water partition coefficient (Wildman–Crippen LogP) is 2.97. The summed E-state index contributed by atoms with van der Waals surface area (Å²) in [5.74, 6) is -0.0911. The molecule has 82 valence electrons. The van der Waals surface area contributed by atoms with E-state index in [1.165, 1.54) is 6.92 Å². The average molecular weight is 216 g/mol. The highest BCUT2D eigenvalue weighted by atomic mass is 16.1. The van der Waals surface area contributed by atoms with Gasteiger partial charge in [0.15, 0.2) is 0 Å². The van der Waals surface area contributed by atoms with E-state index >= 15 is 0 Å². The second-order valence-corrected chi connectivity index (χ2v) is 3.12. The van der Waals surface area contributed by atoms with Crippen LogP contribution in [0.5, 0.6) is 0 Å². The highest BCUT2D eigenvalue weighted by Crippen LogP contribution is 2.10. The Labute approximate surface area is 93.4 Å². The molecule has 0 saturated carbocycles. The number of nitrogens with zero attached hydrogens (tertiary/aromatic N) is 3. The number of amides is 1. The summed E-state index contributed by atoms with van der Waals surface area (Å²) in [4.78, 5) is 13.4. The number of nitrogens with one attached hydrogen (secondary N) is 1. The van der Waals surface area contributed by atoms with Gasteiger partial charge in [0.1, 0.15) is 0 Å². The minimum atomic E-state index is -0.0911. The largest absolute Gasteiger partial charge is 0.326 e. The van der Waals surface area contributed by atoms with Gasteiger partial charge in [0.25, 0.3) is 0 Å². The van der Waals surface area contributed by atoms with Gasteiger partial charge in [-0.15, -0.1) is 0 Å². The standard InChI is InChI=1S/C11H12N4O/c1-9(16)14-11-6-4-10(5-7-11)3-2-8-13-15-12/h2-7H,8H2,1H3,(H,14,16). The molecular weight excluding hydrogens is 204 g/mol. The summed E-state index contributed by atoms with van der Waals surface area (Å²) < 4.78 is 0. The van der Waals surface area contributed by atoms with Gasteiger partial charge >= 0.3 is 0 Å². The van der Waals surface area contributed by atoms with Crippen molar-refractivity contribution in [3.8, 4) is 0 Å². The van der Waals surface area contributed by atoms with Crippen molar-refractivity contribution in [2.45, 2.75) is 6.92 Å². The number of rotatable bonds is 4. The zero-order valence-electron chi connectivity index (χ0n) is 8.92. The Morgan fingerprint density at radius 2 is 2.19 bits per heavy atom. The van der Waals surface area contributed by atoms with Crippen LogP contribution in [0.1, 0.15) is 12.5 Å².